The molecule has 0 atom stereocenters. The van der Waals surface area contributed by atoms with Crippen LogP contribution in [0.15, 0.2) is 29.2 Å². The van der Waals surface area contributed by atoms with E-state index >= 15 is 0 Å². The lowest BCUT2D eigenvalue weighted by Crippen LogP contribution is -2.33. The molecular formula is C12H18N2O3S. The normalized spacial score (nSPS) is 17.1. The molecule has 1 aromatic rings. The van der Waals surface area contributed by atoms with E-state index < -0.39 is 10.0 Å². The molecule has 0 bridgehead atoms. The zero-order valence-corrected chi connectivity index (χ0v) is 11.0. The Kier molecular flexibility index (Phi) is 4.21. The lowest BCUT2D eigenvalue weighted by Gasteiger charge is -2.15. The first-order valence-corrected chi connectivity index (χ1v) is 7.58. The van der Waals surface area contributed by atoms with Crippen molar-refractivity contribution in [2.24, 2.45) is 0 Å². The largest absolute Gasteiger partial charge is 0.507 e. The molecule has 6 heteroatoms. The highest BCUT2D eigenvalue weighted by Crippen LogP contribution is 2.20. The van der Waals surface area contributed by atoms with Gasteiger partial charge in [0.1, 0.15) is 10.6 Å². The van der Waals surface area contributed by atoms with Crippen LogP contribution in [0, 0.1) is 0 Å². The van der Waals surface area contributed by atoms with Crippen LogP contribution in [-0.2, 0) is 10.0 Å². The summed E-state index contributed by atoms with van der Waals surface area (Å²) in [5, 5.41) is 9.53. The van der Waals surface area contributed by atoms with Gasteiger partial charge in [-0.25, -0.2) is 13.1 Å². The Balaban J connectivity index is 1.93. The number of hydrogen-bond acceptors (Lipinski definition) is 4. The fourth-order valence-electron chi connectivity index (χ4n) is 2.11. The van der Waals surface area contributed by atoms with Crippen molar-refractivity contribution in [3.63, 3.8) is 0 Å². The van der Waals surface area contributed by atoms with Crippen LogP contribution >= 0.6 is 0 Å². The molecule has 0 aliphatic carbocycles. The maximum absolute atomic E-state index is 11.9. The minimum atomic E-state index is -3.61. The van der Waals surface area contributed by atoms with E-state index in [0.29, 0.717) is 13.1 Å². The van der Waals surface area contributed by atoms with E-state index in [9.17, 15) is 13.5 Å². The van der Waals surface area contributed by atoms with Gasteiger partial charge < -0.3 is 10.0 Å². The van der Waals surface area contributed by atoms with E-state index in [0.717, 1.165) is 13.1 Å². The van der Waals surface area contributed by atoms with E-state index in [1.165, 1.54) is 25.0 Å². The maximum Gasteiger partial charge on any atom is 0.244 e. The van der Waals surface area contributed by atoms with E-state index in [-0.39, 0.29) is 10.6 Å². The van der Waals surface area contributed by atoms with Crippen molar-refractivity contribution < 1.29 is 13.5 Å². The average molecular weight is 270 g/mol. The minimum Gasteiger partial charge on any atom is -0.507 e. The second-order valence-electron chi connectivity index (χ2n) is 4.41. The van der Waals surface area contributed by atoms with Gasteiger partial charge in [0, 0.05) is 13.1 Å². The second-order valence-corrected chi connectivity index (χ2v) is 6.15. The second kappa shape index (κ2) is 5.69. The Morgan fingerprint density at radius 2 is 1.89 bits per heavy atom. The number of para-hydroxylation sites is 1. The number of nitrogens with zero attached hydrogens (tertiary/aromatic N) is 1. The fraction of sp³-hybridized carbons (Fsp3) is 0.500. The lowest BCUT2D eigenvalue weighted by molar-refractivity contribution is 0.344. The predicted molar refractivity (Wildman–Crippen MR) is 69.0 cm³/mol. The number of phenols is 1. The van der Waals surface area contributed by atoms with Crippen LogP contribution in [0.25, 0.3) is 0 Å². The molecular weight excluding hydrogens is 252 g/mol. The number of rotatable bonds is 5. The highest BCUT2D eigenvalue weighted by molar-refractivity contribution is 7.89. The molecule has 1 saturated heterocycles. The highest BCUT2D eigenvalue weighted by Gasteiger charge is 2.18. The van der Waals surface area contributed by atoms with Crippen molar-refractivity contribution in [1.82, 2.24) is 9.62 Å². The summed E-state index contributed by atoms with van der Waals surface area (Å²) < 4.78 is 26.4. The molecule has 5 nitrogen and oxygen atoms in total. The van der Waals surface area contributed by atoms with E-state index in [4.69, 9.17) is 0 Å². The summed E-state index contributed by atoms with van der Waals surface area (Å²) in [7, 11) is -3.61. The van der Waals surface area contributed by atoms with Gasteiger partial charge in [0.25, 0.3) is 0 Å². The maximum atomic E-state index is 11.9. The smallest absolute Gasteiger partial charge is 0.244 e. The zero-order chi connectivity index (χ0) is 13.0. The Hall–Kier alpha value is -1.11. The summed E-state index contributed by atoms with van der Waals surface area (Å²) in [5.74, 6) is -0.217. The van der Waals surface area contributed by atoms with Crippen LogP contribution in [0.3, 0.4) is 0 Å². The van der Waals surface area contributed by atoms with Crippen LogP contribution in [-0.4, -0.2) is 44.6 Å². The van der Waals surface area contributed by atoms with Crippen molar-refractivity contribution in [3.05, 3.63) is 24.3 Å². The van der Waals surface area contributed by atoms with E-state index in [1.54, 1.807) is 12.1 Å². The molecule has 0 spiro atoms. The quantitative estimate of drug-likeness (QED) is 0.829. The van der Waals surface area contributed by atoms with Gasteiger partial charge in [0.05, 0.1) is 0 Å². The van der Waals surface area contributed by atoms with Gasteiger partial charge in [-0.05, 0) is 38.1 Å². The molecule has 1 heterocycles. The molecule has 1 aliphatic rings. The standard InChI is InChI=1S/C12H18N2O3S/c15-11-5-1-2-6-12(11)18(16,17)13-7-10-14-8-3-4-9-14/h1-2,5-6,13,15H,3-4,7-10H2. The number of benzene rings is 1. The van der Waals surface area contributed by atoms with Gasteiger partial charge in [-0.1, -0.05) is 12.1 Å². The first-order chi connectivity index (χ1) is 8.59. The molecule has 0 amide bonds. The predicted octanol–water partition coefficient (Wildman–Crippen LogP) is 0.766. The van der Waals surface area contributed by atoms with Crippen LogP contribution in [0.4, 0.5) is 0 Å². The molecule has 1 aromatic carbocycles. The Labute approximate surface area is 107 Å². The molecule has 100 valence electrons. The van der Waals surface area contributed by atoms with Crippen molar-refractivity contribution in [2.75, 3.05) is 26.2 Å². The fourth-order valence-corrected chi connectivity index (χ4v) is 3.22. The summed E-state index contributed by atoms with van der Waals surface area (Å²) in [4.78, 5) is 2.17. The number of aromatic hydroxyl groups is 1. The third-order valence-corrected chi connectivity index (χ3v) is 4.58. The van der Waals surface area contributed by atoms with Gasteiger partial charge in [0.15, 0.2) is 0 Å². The molecule has 2 rings (SSSR count). The zero-order valence-electron chi connectivity index (χ0n) is 10.2. The third kappa shape index (κ3) is 3.22. The molecule has 0 radical (unpaired) electrons. The number of sulfonamides is 1. The van der Waals surface area contributed by atoms with Crippen molar-refractivity contribution in [3.8, 4) is 5.75 Å². The van der Waals surface area contributed by atoms with Crippen LogP contribution < -0.4 is 4.72 Å². The summed E-state index contributed by atoms with van der Waals surface area (Å²) in [6.45, 7) is 3.17. The number of hydrogen-bond donors (Lipinski definition) is 2. The number of phenolic OH excluding ortho intramolecular Hbond substituents is 1. The average Bonchev–Trinajstić information content (AvgIpc) is 2.82. The highest BCUT2D eigenvalue weighted by atomic mass is 32.2. The molecule has 0 saturated carbocycles. The number of likely N-dealkylation sites (tertiary alicyclic amines) is 1. The minimum absolute atomic E-state index is 0.0635. The van der Waals surface area contributed by atoms with Gasteiger partial charge in [-0.15, -0.1) is 0 Å². The summed E-state index contributed by atoms with van der Waals surface area (Å²) in [6.07, 6.45) is 2.37. The topological polar surface area (TPSA) is 69.6 Å². The first-order valence-electron chi connectivity index (χ1n) is 6.09. The van der Waals surface area contributed by atoms with E-state index in [1.807, 2.05) is 0 Å². The molecule has 1 aliphatic heterocycles. The number of nitrogens with one attached hydrogen (secondary N) is 1. The van der Waals surface area contributed by atoms with Gasteiger partial charge in [-0.3, -0.25) is 0 Å². The van der Waals surface area contributed by atoms with Gasteiger partial charge in [-0.2, -0.15) is 0 Å². The summed E-state index contributed by atoms with van der Waals surface area (Å²) >= 11 is 0. The lowest BCUT2D eigenvalue weighted by atomic mass is 10.3. The molecule has 0 aromatic heterocycles. The molecule has 1 fully saturated rings. The monoisotopic (exact) mass is 270 g/mol. The summed E-state index contributed by atoms with van der Waals surface area (Å²) in [5.41, 5.74) is 0. The molecule has 0 unspecified atom stereocenters. The van der Waals surface area contributed by atoms with E-state index in [2.05, 4.69) is 9.62 Å². The van der Waals surface area contributed by atoms with Crippen LogP contribution in [0.1, 0.15) is 12.8 Å². The Morgan fingerprint density at radius 3 is 2.56 bits per heavy atom. The van der Waals surface area contributed by atoms with Crippen molar-refractivity contribution >= 4 is 10.0 Å². The Morgan fingerprint density at radius 1 is 1.22 bits per heavy atom. The summed E-state index contributed by atoms with van der Waals surface area (Å²) in [6, 6.07) is 5.95. The first kappa shape index (κ1) is 13.3. The molecule has 2 N–H and O–H groups in total. The van der Waals surface area contributed by atoms with Crippen molar-refractivity contribution in [2.45, 2.75) is 17.7 Å². The van der Waals surface area contributed by atoms with Gasteiger partial charge >= 0.3 is 0 Å². The van der Waals surface area contributed by atoms with Crippen molar-refractivity contribution in [1.29, 1.82) is 0 Å². The molecule has 18 heavy (non-hydrogen) atoms. The SMILES string of the molecule is O=S(=O)(NCCN1CCCC1)c1ccccc1O. The van der Waals surface area contributed by atoms with Crippen LogP contribution in [0.2, 0.25) is 0 Å². The third-order valence-electron chi connectivity index (χ3n) is 3.07. The van der Waals surface area contributed by atoms with Crippen LogP contribution in [0.5, 0.6) is 5.75 Å². The van der Waals surface area contributed by atoms with Gasteiger partial charge in [0.2, 0.25) is 10.0 Å². The Bertz CT molecular complexity index is 496.